The third-order valence-corrected chi connectivity index (χ3v) is 7.07. The normalized spacial score (nSPS) is 12.2. The Morgan fingerprint density at radius 2 is 1.79 bits per heavy atom. The molecule has 2 amide bonds. The highest BCUT2D eigenvalue weighted by Crippen LogP contribution is 2.25. The van der Waals surface area contributed by atoms with Crippen LogP contribution in [0.15, 0.2) is 42.5 Å². The van der Waals surface area contributed by atoms with E-state index in [1.165, 1.54) is 16.3 Å². The maximum absolute atomic E-state index is 13.1. The predicted molar refractivity (Wildman–Crippen MR) is 133 cm³/mol. The fourth-order valence-corrected chi connectivity index (χ4v) is 4.84. The van der Waals surface area contributed by atoms with Crippen LogP contribution in [0.1, 0.15) is 36.5 Å². The van der Waals surface area contributed by atoms with Crippen LogP contribution in [0.4, 0.5) is 5.69 Å². The second-order valence-corrected chi connectivity index (χ2v) is 10.4. The van der Waals surface area contributed by atoms with Crippen LogP contribution in [0.3, 0.4) is 0 Å². The average Bonchev–Trinajstić information content (AvgIpc) is 2.75. The molecular weight excluding hydrogens is 462 g/mol. The topological polar surface area (TPSA) is 86.8 Å². The minimum atomic E-state index is -3.53. The van der Waals surface area contributed by atoms with Crippen molar-refractivity contribution in [3.05, 3.63) is 64.2 Å². The highest BCUT2D eigenvalue weighted by molar-refractivity contribution is 7.92. The summed E-state index contributed by atoms with van der Waals surface area (Å²) in [7, 11) is -2.01. The van der Waals surface area contributed by atoms with Gasteiger partial charge in [0.1, 0.15) is 6.04 Å². The van der Waals surface area contributed by atoms with Crippen LogP contribution in [0, 0.1) is 13.8 Å². The molecule has 33 heavy (non-hydrogen) atoms. The van der Waals surface area contributed by atoms with E-state index in [0.29, 0.717) is 17.1 Å². The maximum atomic E-state index is 13.1. The molecule has 0 aliphatic carbocycles. The Hall–Kier alpha value is -2.58. The fourth-order valence-electron chi connectivity index (χ4n) is 3.61. The molecule has 7 nitrogen and oxygen atoms in total. The monoisotopic (exact) mass is 493 g/mol. The van der Waals surface area contributed by atoms with E-state index in [2.05, 4.69) is 5.32 Å². The minimum absolute atomic E-state index is 0.0960. The number of hydrogen-bond donors (Lipinski definition) is 1. The first-order valence-corrected chi connectivity index (χ1v) is 13.0. The van der Waals surface area contributed by atoms with E-state index in [4.69, 9.17) is 11.6 Å². The Labute approximate surface area is 201 Å². The van der Waals surface area contributed by atoms with Gasteiger partial charge in [-0.2, -0.15) is 0 Å². The summed E-state index contributed by atoms with van der Waals surface area (Å²) >= 11 is 6.08. The van der Waals surface area contributed by atoms with E-state index >= 15 is 0 Å². The molecule has 0 aliphatic rings. The molecule has 1 atom stereocenters. The van der Waals surface area contributed by atoms with Gasteiger partial charge in [-0.05, 0) is 62.1 Å². The van der Waals surface area contributed by atoms with Crippen LogP contribution in [-0.4, -0.2) is 51.0 Å². The molecule has 0 saturated heterocycles. The first-order chi connectivity index (χ1) is 15.5. The van der Waals surface area contributed by atoms with Crippen LogP contribution >= 0.6 is 11.6 Å². The number of sulfonamides is 1. The number of benzene rings is 2. The maximum Gasteiger partial charge on any atom is 0.242 e. The van der Waals surface area contributed by atoms with Crippen molar-refractivity contribution in [3.8, 4) is 0 Å². The quantitative estimate of drug-likeness (QED) is 0.547. The number of likely N-dealkylation sites (N-methyl/N-ethyl adjacent to an activating group) is 1. The van der Waals surface area contributed by atoms with Gasteiger partial charge in [0, 0.05) is 31.6 Å². The number of halogens is 1. The first-order valence-electron chi connectivity index (χ1n) is 10.7. The number of aryl methyl sites for hydroxylation is 1. The summed E-state index contributed by atoms with van der Waals surface area (Å²) in [6.45, 7) is 5.86. The van der Waals surface area contributed by atoms with Gasteiger partial charge in [-0.3, -0.25) is 13.9 Å². The molecule has 0 radical (unpaired) electrons. The summed E-state index contributed by atoms with van der Waals surface area (Å²) in [5.41, 5.74) is 3.29. The summed E-state index contributed by atoms with van der Waals surface area (Å²) in [5, 5.41) is 3.12. The van der Waals surface area contributed by atoms with Crippen molar-refractivity contribution in [2.45, 2.75) is 46.2 Å². The van der Waals surface area contributed by atoms with Crippen LogP contribution in [-0.2, 0) is 26.2 Å². The van der Waals surface area contributed by atoms with Crippen molar-refractivity contribution in [3.63, 3.8) is 0 Å². The predicted octanol–water partition coefficient (Wildman–Crippen LogP) is 3.67. The van der Waals surface area contributed by atoms with Gasteiger partial charge in [-0.25, -0.2) is 8.42 Å². The van der Waals surface area contributed by atoms with Gasteiger partial charge in [0.2, 0.25) is 21.8 Å². The smallest absolute Gasteiger partial charge is 0.242 e. The number of hydrogen-bond acceptors (Lipinski definition) is 4. The summed E-state index contributed by atoms with van der Waals surface area (Å²) in [4.78, 5) is 26.9. The molecule has 0 heterocycles. The number of anilines is 1. The highest BCUT2D eigenvalue weighted by Gasteiger charge is 2.26. The number of nitrogens with one attached hydrogen (secondary N) is 1. The van der Waals surface area contributed by atoms with Crippen molar-refractivity contribution in [1.82, 2.24) is 10.2 Å². The molecule has 0 unspecified atom stereocenters. The molecule has 0 saturated carbocycles. The first kappa shape index (κ1) is 26.7. The molecule has 0 aromatic heterocycles. The fraction of sp³-hybridized carbons (Fsp3) is 0.417. The number of amides is 2. The lowest BCUT2D eigenvalue weighted by Gasteiger charge is -2.29. The van der Waals surface area contributed by atoms with Crippen LogP contribution in [0.2, 0.25) is 5.02 Å². The van der Waals surface area contributed by atoms with Crippen molar-refractivity contribution < 1.29 is 18.0 Å². The Kier molecular flexibility index (Phi) is 9.31. The lowest BCUT2D eigenvalue weighted by Crippen LogP contribution is -2.46. The van der Waals surface area contributed by atoms with Gasteiger partial charge in [0.05, 0.1) is 11.9 Å². The van der Waals surface area contributed by atoms with Crippen LogP contribution in [0.25, 0.3) is 0 Å². The zero-order valence-electron chi connectivity index (χ0n) is 19.8. The van der Waals surface area contributed by atoms with Crippen molar-refractivity contribution in [2.24, 2.45) is 0 Å². The molecule has 2 rings (SSSR count). The third kappa shape index (κ3) is 7.20. The van der Waals surface area contributed by atoms with E-state index in [9.17, 15) is 18.0 Å². The molecule has 1 N–H and O–H groups in total. The lowest BCUT2D eigenvalue weighted by molar-refractivity contribution is -0.140. The zero-order chi connectivity index (χ0) is 24.8. The van der Waals surface area contributed by atoms with Gasteiger partial charge in [-0.15, -0.1) is 0 Å². The molecule has 0 fully saturated rings. The molecule has 0 aliphatic heterocycles. The van der Waals surface area contributed by atoms with Gasteiger partial charge in [-0.1, -0.05) is 35.9 Å². The third-order valence-electron chi connectivity index (χ3n) is 5.65. The Bertz CT molecular complexity index is 1100. The van der Waals surface area contributed by atoms with Gasteiger partial charge < -0.3 is 10.2 Å². The van der Waals surface area contributed by atoms with E-state index < -0.39 is 16.1 Å². The second kappa shape index (κ2) is 11.5. The summed E-state index contributed by atoms with van der Waals surface area (Å²) < 4.78 is 26.3. The number of carbonyl (C=O) groups excluding carboxylic acids is 2. The van der Waals surface area contributed by atoms with Crippen LogP contribution in [0.5, 0.6) is 0 Å². The van der Waals surface area contributed by atoms with Gasteiger partial charge in [0.25, 0.3) is 0 Å². The number of carbonyl (C=O) groups is 2. The Balaban J connectivity index is 2.18. The van der Waals surface area contributed by atoms with Gasteiger partial charge >= 0.3 is 0 Å². The molecule has 0 bridgehead atoms. The second-order valence-electron chi connectivity index (χ2n) is 8.10. The van der Waals surface area contributed by atoms with Crippen molar-refractivity contribution in [1.29, 1.82) is 0 Å². The van der Waals surface area contributed by atoms with E-state index in [1.54, 1.807) is 31.2 Å². The lowest BCUT2D eigenvalue weighted by atomic mass is 10.1. The average molecular weight is 494 g/mol. The van der Waals surface area contributed by atoms with E-state index in [-0.39, 0.29) is 31.3 Å². The summed E-state index contributed by atoms with van der Waals surface area (Å²) in [5.74, 6) is -0.515. The number of nitrogens with zero attached hydrogens (tertiary/aromatic N) is 2. The molecule has 9 heteroatoms. The van der Waals surface area contributed by atoms with Crippen LogP contribution < -0.4 is 9.62 Å². The molecule has 2 aromatic rings. The van der Waals surface area contributed by atoms with E-state index in [0.717, 1.165) is 22.9 Å². The SMILES string of the molecule is CNC(=O)[C@@H](C)N(Cc1cccc(Cl)c1)C(=O)CCCN(c1cccc(C)c1C)S(C)(=O)=O. The molecule has 180 valence electrons. The van der Waals surface area contributed by atoms with Gasteiger partial charge in [0.15, 0.2) is 0 Å². The van der Waals surface area contributed by atoms with E-state index in [1.807, 2.05) is 32.0 Å². The van der Waals surface area contributed by atoms with Crippen molar-refractivity contribution in [2.75, 3.05) is 24.2 Å². The number of rotatable bonds is 10. The molecule has 0 spiro atoms. The molecular formula is C24H32ClN3O4S. The summed E-state index contributed by atoms with van der Waals surface area (Å²) in [6, 6.07) is 12.0. The largest absolute Gasteiger partial charge is 0.357 e. The zero-order valence-corrected chi connectivity index (χ0v) is 21.3. The Morgan fingerprint density at radius 3 is 2.39 bits per heavy atom. The highest BCUT2D eigenvalue weighted by atomic mass is 35.5. The van der Waals surface area contributed by atoms with Crippen molar-refractivity contribution >= 4 is 39.1 Å². The Morgan fingerprint density at radius 1 is 1.12 bits per heavy atom. The summed E-state index contributed by atoms with van der Waals surface area (Å²) in [6.07, 6.45) is 1.57. The standard InChI is InChI=1S/C24H32ClN3O4S/c1-17-9-6-12-22(18(17)2)28(33(5,31)32)14-8-13-23(29)27(19(3)24(30)26-4)16-20-10-7-11-21(25)15-20/h6-7,9-12,15,19H,8,13-14,16H2,1-5H3,(H,26,30)/t19-/m1/s1. The minimum Gasteiger partial charge on any atom is -0.357 e. The molecule has 2 aromatic carbocycles.